The molecule has 0 atom stereocenters. The molecule has 0 aliphatic rings. The van der Waals surface area contributed by atoms with Crippen molar-refractivity contribution in [1.82, 2.24) is 5.32 Å². The standard InChI is InChI=1S/C19H21F2NO4S/c1-14-2-8-17(9-3-14)27(24,25)13-11-18(23)22-12-10-15-4-6-16(7-5-15)26-19(20)21/h2-9,19H,10-13H2,1H3,(H,22,23). The normalized spacial score (nSPS) is 11.4. The molecule has 0 unspecified atom stereocenters. The Balaban J connectivity index is 1.75. The SMILES string of the molecule is Cc1ccc(S(=O)(=O)CCC(=O)NCCc2ccc(OC(F)F)cc2)cc1. The zero-order valence-electron chi connectivity index (χ0n) is 14.8. The first-order chi connectivity index (χ1) is 12.8. The predicted octanol–water partition coefficient (Wildman–Crippen LogP) is 3.12. The summed E-state index contributed by atoms with van der Waals surface area (Å²) < 4.78 is 52.8. The summed E-state index contributed by atoms with van der Waals surface area (Å²) in [5.41, 5.74) is 1.80. The van der Waals surface area contributed by atoms with Crippen molar-refractivity contribution in [3.8, 4) is 5.75 Å². The van der Waals surface area contributed by atoms with E-state index >= 15 is 0 Å². The van der Waals surface area contributed by atoms with Crippen LogP contribution in [0.2, 0.25) is 0 Å². The van der Waals surface area contributed by atoms with E-state index < -0.39 is 16.4 Å². The topological polar surface area (TPSA) is 72.5 Å². The van der Waals surface area contributed by atoms with Crippen LogP contribution in [0.4, 0.5) is 8.78 Å². The largest absolute Gasteiger partial charge is 0.435 e. The Morgan fingerprint density at radius 3 is 2.30 bits per heavy atom. The summed E-state index contributed by atoms with van der Waals surface area (Å²) in [6, 6.07) is 12.6. The number of hydrogen-bond acceptors (Lipinski definition) is 4. The van der Waals surface area contributed by atoms with E-state index in [-0.39, 0.29) is 28.7 Å². The molecular formula is C19H21F2NO4S. The molecule has 0 saturated carbocycles. The van der Waals surface area contributed by atoms with E-state index in [0.29, 0.717) is 13.0 Å². The molecule has 27 heavy (non-hydrogen) atoms. The lowest BCUT2D eigenvalue weighted by molar-refractivity contribution is -0.120. The number of nitrogens with one attached hydrogen (secondary N) is 1. The zero-order valence-corrected chi connectivity index (χ0v) is 15.6. The molecule has 0 fully saturated rings. The van der Waals surface area contributed by atoms with Crippen LogP contribution in [0, 0.1) is 6.92 Å². The highest BCUT2D eigenvalue weighted by atomic mass is 32.2. The number of ether oxygens (including phenoxy) is 1. The molecule has 0 saturated heterocycles. The van der Waals surface area contributed by atoms with Gasteiger partial charge in [-0.3, -0.25) is 4.79 Å². The van der Waals surface area contributed by atoms with Crippen LogP contribution in [0.5, 0.6) is 5.75 Å². The van der Waals surface area contributed by atoms with Gasteiger partial charge in [-0.15, -0.1) is 0 Å². The lowest BCUT2D eigenvalue weighted by atomic mass is 10.1. The monoisotopic (exact) mass is 397 g/mol. The van der Waals surface area contributed by atoms with Gasteiger partial charge in [0.05, 0.1) is 10.6 Å². The van der Waals surface area contributed by atoms with Crippen LogP contribution >= 0.6 is 0 Å². The fourth-order valence-corrected chi connectivity index (χ4v) is 3.60. The summed E-state index contributed by atoms with van der Waals surface area (Å²) in [6.07, 6.45) is 0.364. The fraction of sp³-hybridized carbons (Fsp3) is 0.316. The number of benzene rings is 2. The molecule has 2 aromatic rings. The number of rotatable bonds is 9. The third-order valence-electron chi connectivity index (χ3n) is 3.86. The molecule has 0 spiro atoms. The molecule has 0 aliphatic heterocycles. The highest BCUT2D eigenvalue weighted by Crippen LogP contribution is 2.15. The van der Waals surface area contributed by atoms with E-state index in [0.717, 1.165) is 11.1 Å². The van der Waals surface area contributed by atoms with Crippen LogP contribution in [0.1, 0.15) is 17.5 Å². The lowest BCUT2D eigenvalue weighted by Crippen LogP contribution is -2.27. The number of carbonyl (C=O) groups excluding carboxylic acids is 1. The maximum absolute atomic E-state index is 12.2. The molecule has 0 radical (unpaired) electrons. The summed E-state index contributed by atoms with van der Waals surface area (Å²) in [4.78, 5) is 12.1. The minimum Gasteiger partial charge on any atom is -0.435 e. The van der Waals surface area contributed by atoms with E-state index in [1.807, 2.05) is 6.92 Å². The van der Waals surface area contributed by atoms with Crippen LogP contribution in [-0.4, -0.2) is 33.2 Å². The summed E-state index contributed by atoms with van der Waals surface area (Å²) >= 11 is 0. The highest BCUT2D eigenvalue weighted by molar-refractivity contribution is 7.91. The summed E-state index contributed by atoms with van der Waals surface area (Å²) in [7, 11) is -3.50. The molecule has 0 bridgehead atoms. The van der Waals surface area contributed by atoms with Gasteiger partial charge in [0.1, 0.15) is 5.75 Å². The number of sulfone groups is 1. The molecule has 0 aliphatic carbocycles. The van der Waals surface area contributed by atoms with Crippen LogP contribution in [-0.2, 0) is 21.1 Å². The second-order valence-corrected chi connectivity index (χ2v) is 8.11. The fourth-order valence-electron chi connectivity index (χ4n) is 2.36. The summed E-state index contributed by atoms with van der Waals surface area (Å²) in [5, 5.41) is 2.66. The Morgan fingerprint density at radius 1 is 1.07 bits per heavy atom. The average molecular weight is 397 g/mol. The van der Waals surface area contributed by atoms with Gasteiger partial charge in [0, 0.05) is 13.0 Å². The molecule has 2 aromatic carbocycles. The molecule has 8 heteroatoms. The number of halogens is 2. The van der Waals surface area contributed by atoms with Gasteiger partial charge in [-0.2, -0.15) is 8.78 Å². The zero-order chi connectivity index (χ0) is 19.9. The Bertz CT molecular complexity index is 850. The molecule has 0 heterocycles. The van der Waals surface area contributed by atoms with Crippen molar-refractivity contribution in [2.45, 2.75) is 31.3 Å². The van der Waals surface area contributed by atoms with Crippen molar-refractivity contribution in [3.05, 3.63) is 59.7 Å². The van der Waals surface area contributed by atoms with E-state index in [1.54, 1.807) is 24.3 Å². The Kier molecular flexibility index (Phi) is 7.29. The van der Waals surface area contributed by atoms with Gasteiger partial charge in [-0.05, 0) is 43.2 Å². The number of carbonyl (C=O) groups is 1. The van der Waals surface area contributed by atoms with Crippen molar-refractivity contribution < 1.29 is 26.7 Å². The van der Waals surface area contributed by atoms with Crippen molar-refractivity contribution in [2.75, 3.05) is 12.3 Å². The van der Waals surface area contributed by atoms with E-state index in [1.165, 1.54) is 24.3 Å². The number of aryl methyl sites for hydroxylation is 1. The van der Waals surface area contributed by atoms with E-state index in [2.05, 4.69) is 10.1 Å². The molecule has 0 aromatic heterocycles. The second kappa shape index (κ2) is 9.45. The van der Waals surface area contributed by atoms with E-state index in [4.69, 9.17) is 0 Å². The van der Waals surface area contributed by atoms with Gasteiger partial charge in [-0.1, -0.05) is 29.8 Å². The van der Waals surface area contributed by atoms with Gasteiger partial charge in [0.2, 0.25) is 5.91 Å². The van der Waals surface area contributed by atoms with Crippen LogP contribution in [0.25, 0.3) is 0 Å². The number of amides is 1. The molecule has 146 valence electrons. The molecule has 2 rings (SSSR count). The first kappa shape index (κ1) is 20.8. The third kappa shape index (κ3) is 6.97. The van der Waals surface area contributed by atoms with Gasteiger partial charge in [0.25, 0.3) is 0 Å². The Labute approximate surface area is 157 Å². The Hall–Kier alpha value is -2.48. The van der Waals surface area contributed by atoms with Crippen LogP contribution < -0.4 is 10.1 Å². The minimum atomic E-state index is -3.50. The number of hydrogen-bond donors (Lipinski definition) is 1. The maximum atomic E-state index is 12.2. The second-order valence-electron chi connectivity index (χ2n) is 6.00. The van der Waals surface area contributed by atoms with Crippen molar-refractivity contribution >= 4 is 15.7 Å². The number of alkyl halides is 2. The summed E-state index contributed by atoms with van der Waals surface area (Å²) in [5.74, 6) is -0.552. The van der Waals surface area contributed by atoms with Gasteiger partial charge in [-0.25, -0.2) is 8.42 Å². The van der Waals surface area contributed by atoms with Crippen LogP contribution in [0.3, 0.4) is 0 Å². The van der Waals surface area contributed by atoms with Crippen molar-refractivity contribution in [1.29, 1.82) is 0 Å². The smallest absolute Gasteiger partial charge is 0.387 e. The summed E-state index contributed by atoms with van der Waals surface area (Å²) in [6.45, 7) is -0.687. The first-order valence-electron chi connectivity index (χ1n) is 8.36. The predicted molar refractivity (Wildman–Crippen MR) is 97.6 cm³/mol. The molecule has 1 N–H and O–H groups in total. The molecule has 1 amide bonds. The quantitative estimate of drug-likeness (QED) is 0.706. The lowest BCUT2D eigenvalue weighted by Gasteiger charge is -2.08. The highest BCUT2D eigenvalue weighted by Gasteiger charge is 2.16. The van der Waals surface area contributed by atoms with Crippen LogP contribution in [0.15, 0.2) is 53.4 Å². The third-order valence-corrected chi connectivity index (χ3v) is 5.59. The van der Waals surface area contributed by atoms with Gasteiger partial charge in [0.15, 0.2) is 9.84 Å². The van der Waals surface area contributed by atoms with Gasteiger partial charge >= 0.3 is 6.61 Å². The van der Waals surface area contributed by atoms with Crippen molar-refractivity contribution in [2.24, 2.45) is 0 Å². The maximum Gasteiger partial charge on any atom is 0.387 e. The Morgan fingerprint density at radius 2 is 1.70 bits per heavy atom. The van der Waals surface area contributed by atoms with Gasteiger partial charge < -0.3 is 10.1 Å². The average Bonchev–Trinajstić information content (AvgIpc) is 2.61. The first-order valence-corrected chi connectivity index (χ1v) is 10.0. The minimum absolute atomic E-state index is 0.0686. The van der Waals surface area contributed by atoms with Crippen molar-refractivity contribution in [3.63, 3.8) is 0 Å². The molecular weight excluding hydrogens is 376 g/mol. The molecule has 5 nitrogen and oxygen atoms in total. The van der Waals surface area contributed by atoms with E-state index in [9.17, 15) is 22.0 Å².